The molecule has 2 rings (SSSR count). The van der Waals surface area contributed by atoms with E-state index in [2.05, 4.69) is 17.2 Å². The second-order valence-corrected chi connectivity index (χ2v) is 4.93. The summed E-state index contributed by atoms with van der Waals surface area (Å²) in [6, 6.07) is 4.74. The minimum atomic E-state index is -0.407. The number of aromatic nitrogens is 3. The highest BCUT2D eigenvalue weighted by atomic mass is 16.6. The summed E-state index contributed by atoms with van der Waals surface area (Å²) < 4.78 is 1.68. The van der Waals surface area contributed by atoms with Gasteiger partial charge in [0.25, 0.3) is 5.69 Å². The maximum absolute atomic E-state index is 11.0. The van der Waals surface area contributed by atoms with Crippen molar-refractivity contribution >= 4 is 5.69 Å². The largest absolute Gasteiger partial charge is 0.325 e. The van der Waals surface area contributed by atoms with Gasteiger partial charge in [-0.1, -0.05) is 24.6 Å². The number of unbranched alkanes of at least 4 members (excludes halogenated alkanes) is 1. The molecule has 0 unspecified atom stereocenters. The van der Waals surface area contributed by atoms with Crippen LogP contribution in [-0.2, 0) is 13.0 Å². The lowest BCUT2D eigenvalue weighted by molar-refractivity contribution is -0.384. The zero-order valence-corrected chi connectivity index (χ0v) is 12.2. The van der Waals surface area contributed by atoms with Gasteiger partial charge in [-0.2, -0.15) is 0 Å². The lowest BCUT2D eigenvalue weighted by Gasteiger charge is -2.10. The number of aryl methyl sites for hydroxylation is 1. The lowest BCUT2D eigenvalue weighted by atomic mass is 10.1. The Balaban J connectivity index is 2.53. The Labute approximate surface area is 122 Å². The maximum atomic E-state index is 11.0. The van der Waals surface area contributed by atoms with E-state index in [-0.39, 0.29) is 5.69 Å². The van der Waals surface area contributed by atoms with Crippen LogP contribution in [0.5, 0.6) is 0 Å². The topological polar surface area (TPSA) is 99.9 Å². The lowest BCUT2D eigenvalue weighted by Crippen LogP contribution is -2.08. The molecule has 7 nitrogen and oxygen atoms in total. The summed E-state index contributed by atoms with van der Waals surface area (Å²) in [5.74, 6) is 0. The van der Waals surface area contributed by atoms with Crippen molar-refractivity contribution in [2.45, 2.75) is 39.7 Å². The van der Waals surface area contributed by atoms with Crippen molar-refractivity contribution in [3.63, 3.8) is 0 Å². The van der Waals surface area contributed by atoms with Crippen molar-refractivity contribution in [3.05, 3.63) is 45.3 Å². The third-order valence-corrected chi connectivity index (χ3v) is 3.44. The average Bonchev–Trinajstić information content (AvgIpc) is 2.87. The molecule has 0 saturated carbocycles. The Morgan fingerprint density at radius 2 is 2.19 bits per heavy atom. The Morgan fingerprint density at radius 3 is 2.81 bits per heavy atom. The molecular formula is C14H19N5O2. The van der Waals surface area contributed by atoms with Gasteiger partial charge in [0.05, 0.1) is 22.0 Å². The molecule has 0 bridgehead atoms. The third kappa shape index (κ3) is 3.08. The number of non-ortho nitro benzene ring substituents is 1. The van der Waals surface area contributed by atoms with Gasteiger partial charge in [-0.25, -0.2) is 4.68 Å². The van der Waals surface area contributed by atoms with Gasteiger partial charge in [0, 0.05) is 18.7 Å². The Morgan fingerprint density at radius 1 is 1.43 bits per heavy atom. The molecule has 0 fully saturated rings. The fourth-order valence-corrected chi connectivity index (χ4v) is 2.22. The van der Waals surface area contributed by atoms with Crippen LogP contribution in [0.25, 0.3) is 5.69 Å². The number of nitrogens with zero attached hydrogens (tertiary/aromatic N) is 4. The molecule has 7 heteroatoms. The van der Waals surface area contributed by atoms with Gasteiger partial charge in [0.2, 0.25) is 0 Å². The van der Waals surface area contributed by atoms with Gasteiger partial charge >= 0.3 is 0 Å². The normalized spacial score (nSPS) is 10.8. The minimum absolute atomic E-state index is 0.0434. The smallest absolute Gasteiger partial charge is 0.271 e. The van der Waals surface area contributed by atoms with Crippen molar-refractivity contribution in [2.75, 3.05) is 0 Å². The summed E-state index contributed by atoms with van der Waals surface area (Å²) >= 11 is 0. The number of rotatable bonds is 6. The van der Waals surface area contributed by atoms with Crippen LogP contribution in [0.1, 0.15) is 36.7 Å². The number of hydrogen-bond donors (Lipinski definition) is 1. The third-order valence-electron chi connectivity index (χ3n) is 3.44. The zero-order valence-electron chi connectivity index (χ0n) is 12.2. The molecule has 2 N–H and O–H groups in total. The molecule has 0 saturated heterocycles. The van der Waals surface area contributed by atoms with Gasteiger partial charge in [-0.15, -0.1) is 5.10 Å². The molecule has 0 aliphatic heterocycles. The van der Waals surface area contributed by atoms with Crippen LogP contribution in [0.3, 0.4) is 0 Å². The number of nitrogens with two attached hydrogens (primary N) is 1. The van der Waals surface area contributed by atoms with E-state index in [4.69, 9.17) is 5.73 Å². The highest BCUT2D eigenvalue weighted by Gasteiger charge is 2.17. The SMILES string of the molecule is CCCCc1c(CN)nnn1-c1cc([N+](=O)[O-])ccc1C. The maximum Gasteiger partial charge on any atom is 0.271 e. The number of benzene rings is 1. The fraction of sp³-hybridized carbons (Fsp3) is 0.429. The van der Waals surface area contributed by atoms with Gasteiger partial charge in [-0.3, -0.25) is 10.1 Å². The van der Waals surface area contributed by atoms with Crippen molar-refractivity contribution in [3.8, 4) is 5.69 Å². The Kier molecular flexibility index (Phi) is 4.64. The van der Waals surface area contributed by atoms with Crippen molar-refractivity contribution in [1.29, 1.82) is 0 Å². The second kappa shape index (κ2) is 6.45. The monoisotopic (exact) mass is 289 g/mol. The van der Waals surface area contributed by atoms with Crippen LogP contribution in [0.2, 0.25) is 0 Å². The molecule has 2 aromatic rings. The predicted octanol–water partition coefficient (Wildman–Crippen LogP) is 2.29. The first-order valence-corrected chi connectivity index (χ1v) is 6.97. The Bertz CT molecular complexity index is 651. The zero-order chi connectivity index (χ0) is 15.4. The van der Waals surface area contributed by atoms with E-state index in [1.54, 1.807) is 10.7 Å². The first-order valence-electron chi connectivity index (χ1n) is 6.97. The van der Waals surface area contributed by atoms with Crippen LogP contribution in [-0.4, -0.2) is 19.9 Å². The summed E-state index contributed by atoms with van der Waals surface area (Å²) in [6.45, 7) is 4.31. The van der Waals surface area contributed by atoms with Crippen LogP contribution in [0, 0.1) is 17.0 Å². The van der Waals surface area contributed by atoms with Gasteiger partial charge < -0.3 is 5.73 Å². The van der Waals surface area contributed by atoms with E-state index in [1.807, 2.05) is 6.92 Å². The molecule has 0 aliphatic rings. The number of hydrogen-bond acceptors (Lipinski definition) is 5. The van der Waals surface area contributed by atoms with Gasteiger partial charge in [0.15, 0.2) is 0 Å². The molecule has 1 aromatic carbocycles. The van der Waals surface area contributed by atoms with Gasteiger partial charge in [0.1, 0.15) is 0 Å². The minimum Gasteiger partial charge on any atom is -0.325 e. The first-order chi connectivity index (χ1) is 10.1. The summed E-state index contributed by atoms with van der Waals surface area (Å²) in [4.78, 5) is 10.5. The number of nitro groups is 1. The van der Waals surface area contributed by atoms with Crippen molar-refractivity contribution in [1.82, 2.24) is 15.0 Å². The molecular weight excluding hydrogens is 270 g/mol. The first kappa shape index (κ1) is 15.1. The molecule has 0 radical (unpaired) electrons. The number of nitro benzene ring substituents is 1. The summed E-state index contributed by atoms with van der Waals surface area (Å²) in [5.41, 5.74) is 9.02. The predicted molar refractivity (Wildman–Crippen MR) is 79.3 cm³/mol. The van der Waals surface area contributed by atoms with Crippen molar-refractivity contribution < 1.29 is 4.92 Å². The van der Waals surface area contributed by atoms with E-state index in [1.165, 1.54) is 12.1 Å². The molecule has 1 aromatic heterocycles. The van der Waals surface area contributed by atoms with E-state index in [0.717, 1.165) is 36.2 Å². The van der Waals surface area contributed by atoms with E-state index < -0.39 is 4.92 Å². The van der Waals surface area contributed by atoms with Crippen LogP contribution < -0.4 is 5.73 Å². The summed E-state index contributed by atoms with van der Waals surface area (Å²) in [6.07, 6.45) is 2.84. The molecule has 1 heterocycles. The molecule has 0 aliphatic carbocycles. The van der Waals surface area contributed by atoms with E-state index >= 15 is 0 Å². The fourth-order valence-electron chi connectivity index (χ4n) is 2.22. The highest BCUT2D eigenvalue weighted by Crippen LogP contribution is 2.23. The van der Waals surface area contributed by atoms with E-state index in [0.29, 0.717) is 12.2 Å². The summed E-state index contributed by atoms with van der Waals surface area (Å²) in [5, 5.41) is 19.2. The quantitative estimate of drug-likeness (QED) is 0.649. The van der Waals surface area contributed by atoms with Crippen LogP contribution in [0.4, 0.5) is 5.69 Å². The molecule has 0 atom stereocenters. The molecule has 0 spiro atoms. The van der Waals surface area contributed by atoms with Crippen LogP contribution in [0.15, 0.2) is 18.2 Å². The average molecular weight is 289 g/mol. The standard InChI is InChI=1S/C14H19N5O2/c1-3-4-5-13-12(9-15)16-17-18(13)14-8-11(19(20)21)7-6-10(14)2/h6-8H,3-5,9,15H2,1-2H3. The van der Waals surface area contributed by atoms with Crippen LogP contribution >= 0.6 is 0 Å². The molecule has 0 amide bonds. The highest BCUT2D eigenvalue weighted by molar-refractivity contribution is 5.49. The van der Waals surface area contributed by atoms with Crippen molar-refractivity contribution in [2.24, 2.45) is 5.73 Å². The summed E-state index contributed by atoms with van der Waals surface area (Å²) in [7, 11) is 0. The second-order valence-electron chi connectivity index (χ2n) is 4.93. The van der Waals surface area contributed by atoms with E-state index in [9.17, 15) is 10.1 Å². The molecule has 112 valence electrons. The van der Waals surface area contributed by atoms with Gasteiger partial charge in [-0.05, 0) is 25.3 Å². The Hall–Kier alpha value is -2.28. The molecule has 21 heavy (non-hydrogen) atoms.